The highest BCUT2D eigenvalue weighted by atomic mass is 79.9. The fourth-order valence-electron chi connectivity index (χ4n) is 4.09. The number of halogens is 2. The van der Waals surface area contributed by atoms with Crippen LogP contribution in [0.5, 0.6) is 0 Å². The number of hydrogen-bond donors (Lipinski definition) is 2. The average Bonchev–Trinajstić information content (AvgIpc) is 2.67. The van der Waals surface area contributed by atoms with E-state index in [1.807, 2.05) is 20.2 Å². The third kappa shape index (κ3) is 7.09. The van der Waals surface area contributed by atoms with Gasteiger partial charge < -0.3 is 15.5 Å². The van der Waals surface area contributed by atoms with Crippen molar-refractivity contribution in [3.63, 3.8) is 0 Å². The summed E-state index contributed by atoms with van der Waals surface area (Å²) in [7, 11) is 8.06. The predicted molar refractivity (Wildman–Crippen MR) is 141 cm³/mol. The van der Waals surface area contributed by atoms with Gasteiger partial charge in [-0.3, -0.25) is 0 Å². The van der Waals surface area contributed by atoms with E-state index in [0.717, 1.165) is 15.2 Å². The zero-order valence-corrected chi connectivity index (χ0v) is 22.3. The molecule has 0 amide bonds. The number of aryl methyl sites for hydroxylation is 2. The largest absolute Gasteiger partial charge is 0.388 e. The van der Waals surface area contributed by atoms with Gasteiger partial charge in [-0.15, -0.1) is 0 Å². The Balaban J connectivity index is 0.000000346. The van der Waals surface area contributed by atoms with Crippen molar-refractivity contribution in [2.24, 2.45) is 0 Å². The van der Waals surface area contributed by atoms with Crippen LogP contribution < -0.4 is 15.5 Å². The lowest BCUT2D eigenvalue weighted by Gasteiger charge is -2.27. The number of nitrogens with zero attached hydrogens (tertiary/aromatic N) is 1. The molecule has 0 saturated heterocycles. The summed E-state index contributed by atoms with van der Waals surface area (Å²) in [6.07, 6.45) is 4.91. The van der Waals surface area contributed by atoms with E-state index in [-0.39, 0.29) is 0 Å². The minimum Gasteiger partial charge on any atom is -0.388 e. The lowest BCUT2D eigenvalue weighted by Crippen LogP contribution is -2.16. The van der Waals surface area contributed by atoms with Crippen LogP contribution in [0.25, 0.3) is 0 Å². The number of hydrogen-bond acceptors (Lipinski definition) is 3. The van der Waals surface area contributed by atoms with E-state index in [0.29, 0.717) is 5.92 Å². The van der Waals surface area contributed by atoms with Crippen molar-refractivity contribution in [2.45, 2.75) is 59.3 Å². The second kappa shape index (κ2) is 13.1. The molecule has 0 aliphatic heterocycles. The third-order valence-electron chi connectivity index (χ3n) is 5.32. The predicted octanol–water partition coefficient (Wildman–Crippen LogP) is 8.24. The average molecular weight is 497 g/mol. The first-order valence-corrected chi connectivity index (χ1v) is 12.0. The van der Waals surface area contributed by atoms with Gasteiger partial charge in [-0.25, -0.2) is 0 Å². The van der Waals surface area contributed by atoms with Gasteiger partial charge in [0.25, 0.3) is 0 Å². The van der Waals surface area contributed by atoms with E-state index in [2.05, 4.69) is 91.5 Å². The third-order valence-corrected chi connectivity index (χ3v) is 6.09. The highest BCUT2D eigenvalue weighted by Gasteiger charge is 2.19. The molecule has 0 saturated carbocycles. The van der Waals surface area contributed by atoms with Crippen molar-refractivity contribution in [2.75, 3.05) is 43.7 Å². The Kier molecular flexibility index (Phi) is 11.6. The molecular weight excluding hydrogens is 458 g/mol. The Bertz CT molecular complexity index is 776. The van der Waals surface area contributed by atoms with Crippen molar-refractivity contribution in [3.05, 3.63) is 50.5 Å². The quantitative estimate of drug-likeness (QED) is 0.385. The first-order chi connectivity index (χ1) is 14.2. The monoisotopic (exact) mass is 495 g/mol. The number of rotatable bonds is 8. The van der Waals surface area contributed by atoms with Gasteiger partial charge in [-0.1, -0.05) is 60.3 Å². The Morgan fingerprint density at radius 2 is 1.43 bits per heavy atom. The van der Waals surface area contributed by atoms with Crippen molar-refractivity contribution in [1.82, 2.24) is 0 Å². The van der Waals surface area contributed by atoms with Crippen LogP contribution in [-0.4, -0.2) is 28.2 Å². The van der Waals surface area contributed by atoms with E-state index >= 15 is 0 Å². The van der Waals surface area contributed by atoms with Gasteiger partial charge in [0, 0.05) is 38.4 Å². The van der Waals surface area contributed by atoms with Gasteiger partial charge in [0.1, 0.15) is 0 Å². The number of anilines is 3. The second-order valence-electron chi connectivity index (χ2n) is 7.94. The maximum absolute atomic E-state index is 6.32. The number of benzene rings is 2. The molecule has 0 fully saturated rings. The zero-order valence-electron chi connectivity index (χ0n) is 19.9. The van der Waals surface area contributed by atoms with Gasteiger partial charge >= 0.3 is 0 Å². The molecule has 0 aliphatic rings. The van der Waals surface area contributed by atoms with Crippen LogP contribution in [-0.2, 0) is 0 Å². The van der Waals surface area contributed by atoms with Gasteiger partial charge in [-0.05, 0) is 67.5 Å². The topological polar surface area (TPSA) is 27.3 Å². The SMILES string of the molecule is CCCC(CCC)c1ccc(Cl)c(NC)c1N(C)C.CNc1c(C)cc(Br)cc1C. The summed E-state index contributed by atoms with van der Waals surface area (Å²) in [6, 6.07) is 8.44. The molecule has 5 heteroatoms. The van der Waals surface area contributed by atoms with Crippen LogP contribution in [0.15, 0.2) is 28.7 Å². The smallest absolute Gasteiger partial charge is 0.0767 e. The molecule has 2 aromatic carbocycles. The lowest BCUT2D eigenvalue weighted by atomic mass is 9.88. The van der Waals surface area contributed by atoms with E-state index in [9.17, 15) is 0 Å². The molecule has 3 nitrogen and oxygen atoms in total. The first kappa shape index (κ1) is 26.6. The van der Waals surface area contributed by atoms with Crippen LogP contribution >= 0.6 is 27.5 Å². The standard InChI is InChI=1S/C16H27ClN2.C9H12BrN/c1-6-8-12(9-7-2)13-10-11-14(17)15(18-3)16(13)19(4)5;1-6-4-8(10)5-7(2)9(6)11-3/h10-12,18H,6-9H2,1-5H3;4-5,11H,1-3H3. The summed E-state index contributed by atoms with van der Waals surface area (Å²) in [4.78, 5) is 2.17. The minimum absolute atomic E-state index is 0.622. The summed E-state index contributed by atoms with van der Waals surface area (Å²) in [5.74, 6) is 0.622. The van der Waals surface area contributed by atoms with Crippen molar-refractivity contribution in [1.29, 1.82) is 0 Å². The Morgan fingerprint density at radius 1 is 0.933 bits per heavy atom. The second-order valence-corrected chi connectivity index (χ2v) is 9.27. The summed E-state index contributed by atoms with van der Waals surface area (Å²) >= 11 is 9.76. The molecule has 30 heavy (non-hydrogen) atoms. The first-order valence-electron chi connectivity index (χ1n) is 10.8. The van der Waals surface area contributed by atoms with Gasteiger partial charge in [0.2, 0.25) is 0 Å². The van der Waals surface area contributed by atoms with Crippen LogP contribution in [0.4, 0.5) is 17.1 Å². The number of nitrogens with one attached hydrogen (secondary N) is 2. The zero-order chi connectivity index (χ0) is 22.8. The molecule has 2 rings (SSSR count). The summed E-state index contributed by atoms with van der Waals surface area (Å²) in [5.41, 5.74) is 7.48. The Morgan fingerprint density at radius 3 is 1.83 bits per heavy atom. The summed E-state index contributed by atoms with van der Waals surface area (Å²) in [5, 5.41) is 7.21. The Hall–Kier alpha value is -1.39. The molecule has 0 aromatic heterocycles. The molecule has 0 heterocycles. The molecule has 0 spiro atoms. The summed E-state index contributed by atoms with van der Waals surface area (Å²) < 4.78 is 1.14. The Labute approximate surface area is 197 Å². The van der Waals surface area contributed by atoms with Crippen LogP contribution in [0.1, 0.15) is 62.1 Å². The highest BCUT2D eigenvalue weighted by Crippen LogP contribution is 2.41. The van der Waals surface area contributed by atoms with E-state index in [1.165, 1.54) is 53.7 Å². The summed E-state index contributed by atoms with van der Waals surface area (Å²) in [6.45, 7) is 8.72. The van der Waals surface area contributed by atoms with Gasteiger partial charge in [0.15, 0.2) is 0 Å². The van der Waals surface area contributed by atoms with Crippen molar-refractivity contribution >= 4 is 44.6 Å². The highest BCUT2D eigenvalue weighted by molar-refractivity contribution is 9.10. The fourth-order valence-corrected chi connectivity index (χ4v) is 5.02. The normalized spacial score (nSPS) is 10.5. The fraction of sp³-hybridized carbons (Fsp3) is 0.520. The molecule has 168 valence electrons. The van der Waals surface area contributed by atoms with Crippen LogP contribution in [0.2, 0.25) is 5.02 Å². The molecule has 0 unspecified atom stereocenters. The van der Waals surface area contributed by atoms with E-state index in [4.69, 9.17) is 11.6 Å². The van der Waals surface area contributed by atoms with Gasteiger partial charge in [-0.2, -0.15) is 0 Å². The maximum atomic E-state index is 6.32. The van der Waals surface area contributed by atoms with Crippen LogP contribution in [0.3, 0.4) is 0 Å². The molecule has 0 atom stereocenters. The molecule has 0 radical (unpaired) electrons. The molecular formula is C25H39BrClN3. The molecule has 2 N–H and O–H groups in total. The van der Waals surface area contributed by atoms with Crippen molar-refractivity contribution < 1.29 is 0 Å². The van der Waals surface area contributed by atoms with Crippen molar-refractivity contribution in [3.8, 4) is 0 Å². The maximum Gasteiger partial charge on any atom is 0.0767 e. The molecule has 0 bridgehead atoms. The van der Waals surface area contributed by atoms with E-state index < -0.39 is 0 Å². The molecule has 2 aromatic rings. The minimum atomic E-state index is 0.622. The van der Waals surface area contributed by atoms with E-state index in [1.54, 1.807) is 0 Å². The van der Waals surface area contributed by atoms with Crippen LogP contribution in [0, 0.1) is 13.8 Å². The lowest BCUT2D eigenvalue weighted by molar-refractivity contribution is 0.561. The molecule has 0 aliphatic carbocycles. The van der Waals surface area contributed by atoms with Gasteiger partial charge in [0.05, 0.1) is 16.4 Å².